The SMILES string of the molecule is CCOC(=O)c1coc2c1c(C(NCCO)C1=CC=C(C)CCC=C1)c(O)c1cc(C)c(F)cc12. The lowest BCUT2D eigenvalue weighted by atomic mass is 9.88. The highest BCUT2D eigenvalue weighted by atomic mass is 19.1. The second-order valence-electron chi connectivity index (χ2n) is 8.71. The summed E-state index contributed by atoms with van der Waals surface area (Å²) in [4.78, 5) is 12.9. The number of aromatic hydroxyl groups is 1. The van der Waals surface area contributed by atoms with Gasteiger partial charge in [-0.3, -0.25) is 0 Å². The molecule has 6 nitrogen and oxygen atoms in total. The van der Waals surface area contributed by atoms with Gasteiger partial charge in [0, 0.05) is 28.3 Å². The van der Waals surface area contributed by atoms with Gasteiger partial charge in [0.1, 0.15) is 29.0 Å². The predicted octanol–water partition coefficient (Wildman–Crippen LogP) is 5.76. The summed E-state index contributed by atoms with van der Waals surface area (Å²) in [6.45, 7) is 5.67. The van der Waals surface area contributed by atoms with Gasteiger partial charge in [0.15, 0.2) is 0 Å². The maximum absolute atomic E-state index is 14.6. The first-order valence-electron chi connectivity index (χ1n) is 11.8. The standard InChI is InChI=1S/C28H30FNO5/c1-4-34-28(33)21-15-35-27-20-14-22(29)17(3)13-19(20)26(32)24(23(21)27)25(30-11-12-31)18-8-6-5-7-16(2)9-10-18/h6,8-10,13-15,25,30-32H,4-5,7,11-12H2,1-3H3. The van der Waals surface area contributed by atoms with E-state index in [0.29, 0.717) is 27.3 Å². The van der Waals surface area contributed by atoms with Crippen LogP contribution in [0.4, 0.5) is 4.39 Å². The monoisotopic (exact) mass is 479 g/mol. The van der Waals surface area contributed by atoms with Gasteiger partial charge in [0.05, 0.1) is 19.3 Å². The predicted molar refractivity (Wildman–Crippen MR) is 134 cm³/mol. The van der Waals surface area contributed by atoms with Gasteiger partial charge < -0.3 is 24.7 Å². The molecule has 0 spiro atoms. The fourth-order valence-electron chi connectivity index (χ4n) is 4.49. The number of benzene rings is 2. The van der Waals surface area contributed by atoms with Crippen molar-refractivity contribution in [1.82, 2.24) is 5.32 Å². The molecular formula is C28H30FNO5. The van der Waals surface area contributed by atoms with Crippen LogP contribution in [0.5, 0.6) is 5.75 Å². The van der Waals surface area contributed by atoms with Gasteiger partial charge in [0.2, 0.25) is 0 Å². The summed E-state index contributed by atoms with van der Waals surface area (Å²) in [5, 5.41) is 25.6. The van der Waals surface area contributed by atoms with E-state index in [1.165, 1.54) is 17.9 Å². The smallest absolute Gasteiger partial charge is 0.342 e. The van der Waals surface area contributed by atoms with Gasteiger partial charge in [0.25, 0.3) is 0 Å². The number of fused-ring (bicyclic) bond motifs is 3. The van der Waals surface area contributed by atoms with E-state index in [-0.39, 0.29) is 36.7 Å². The number of halogens is 1. The number of carbonyl (C=O) groups excluding carboxylic acids is 1. The molecule has 0 saturated carbocycles. The second kappa shape index (κ2) is 10.5. The van der Waals surface area contributed by atoms with Crippen molar-refractivity contribution in [2.24, 2.45) is 0 Å². The Kier molecular flexibility index (Phi) is 7.38. The average Bonchev–Trinajstić information content (AvgIpc) is 3.26. The first-order valence-corrected chi connectivity index (χ1v) is 11.8. The quantitative estimate of drug-likeness (QED) is 0.373. The van der Waals surface area contributed by atoms with E-state index >= 15 is 0 Å². The molecule has 35 heavy (non-hydrogen) atoms. The zero-order chi connectivity index (χ0) is 25.1. The molecule has 0 fully saturated rings. The number of phenols is 1. The highest BCUT2D eigenvalue weighted by Crippen LogP contribution is 2.45. The molecule has 3 aromatic rings. The number of aliphatic hydroxyl groups excluding tert-OH is 1. The van der Waals surface area contributed by atoms with E-state index in [9.17, 15) is 19.4 Å². The van der Waals surface area contributed by atoms with Crippen molar-refractivity contribution in [2.45, 2.75) is 39.7 Å². The lowest BCUT2D eigenvalue weighted by Crippen LogP contribution is -2.26. The van der Waals surface area contributed by atoms with Crippen molar-refractivity contribution in [2.75, 3.05) is 19.8 Å². The van der Waals surface area contributed by atoms with Crippen LogP contribution in [0, 0.1) is 12.7 Å². The Labute approximate surface area is 203 Å². The van der Waals surface area contributed by atoms with Crippen molar-refractivity contribution >= 4 is 27.7 Å². The third-order valence-corrected chi connectivity index (χ3v) is 6.27. The Balaban J connectivity index is 2.10. The summed E-state index contributed by atoms with van der Waals surface area (Å²) >= 11 is 0. The van der Waals surface area contributed by atoms with Crippen molar-refractivity contribution in [1.29, 1.82) is 0 Å². The lowest BCUT2D eigenvalue weighted by molar-refractivity contribution is 0.0527. The van der Waals surface area contributed by atoms with Gasteiger partial charge in [-0.25, -0.2) is 9.18 Å². The van der Waals surface area contributed by atoms with Crippen LogP contribution < -0.4 is 5.32 Å². The summed E-state index contributed by atoms with van der Waals surface area (Å²) in [5.41, 5.74) is 3.26. The Morgan fingerprint density at radius 3 is 2.80 bits per heavy atom. The van der Waals surface area contributed by atoms with Crippen molar-refractivity contribution in [3.05, 3.63) is 76.4 Å². The van der Waals surface area contributed by atoms with E-state index in [4.69, 9.17) is 9.15 Å². The molecule has 1 atom stereocenters. The molecule has 1 aliphatic rings. The lowest BCUT2D eigenvalue weighted by Gasteiger charge is -2.24. The molecule has 4 rings (SSSR count). The number of hydrogen-bond donors (Lipinski definition) is 3. The molecule has 0 saturated heterocycles. The fraction of sp³-hybridized carbons (Fsp3) is 0.321. The Morgan fingerprint density at radius 2 is 2.06 bits per heavy atom. The molecule has 1 unspecified atom stereocenters. The molecule has 184 valence electrons. The van der Waals surface area contributed by atoms with E-state index in [2.05, 4.69) is 18.3 Å². The summed E-state index contributed by atoms with van der Waals surface area (Å²) in [6.07, 6.45) is 11.1. The molecule has 0 radical (unpaired) electrons. The molecule has 1 aliphatic carbocycles. The molecule has 0 bridgehead atoms. The number of esters is 1. The molecule has 0 amide bonds. The van der Waals surface area contributed by atoms with Crippen LogP contribution in [0.15, 0.2) is 58.3 Å². The minimum absolute atomic E-state index is 0.0879. The zero-order valence-corrected chi connectivity index (χ0v) is 20.2. The maximum Gasteiger partial charge on any atom is 0.342 e. The Bertz CT molecular complexity index is 1370. The maximum atomic E-state index is 14.6. The topological polar surface area (TPSA) is 91.9 Å². The Hall–Kier alpha value is -3.42. The molecular weight excluding hydrogens is 449 g/mol. The van der Waals surface area contributed by atoms with E-state index in [1.54, 1.807) is 19.9 Å². The van der Waals surface area contributed by atoms with Gasteiger partial charge >= 0.3 is 5.97 Å². The van der Waals surface area contributed by atoms with Crippen LogP contribution in [0.2, 0.25) is 0 Å². The molecule has 3 N–H and O–H groups in total. The molecule has 1 aromatic heterocycles. The van der Waals surface area contributed by atoms with Crippen molar-refractivity contribution in [3.63, 3.8) is 0 Å². The van der Waals surface area contributed by atoms with Gasteiger partial charge in [-0.2, -0.15) is 0 Å². The highest BCUT2D eigenvalue weighted by Gasteiger charge is 2.30. The van der Waals surface area contributed by atoms with Crippen LogP contribution in [-0.2, 0) is 4.74 Å². The summed E-state index contributed by atoms with van der Waals surface area (Å²) in [7, 11) is 0. The fourth-order valence-corrected chi connectivity index (χ4v) is 4.49. The van der Waals surface area contributed by atoms with Gasteiger partial charge in [-0.15, -0.1) is 0 Å². The number of nitrogens with one attached hydrogen (secondary N) is 1. The van der Waals surface area contributed by atoms with E-state index < -0.39 is 17.8 Å². The van der Waals surface area contributed by atoms with Crippen molar-refractivity contribution in [3.8, 4) is 5.75 Å². The van der Waals surface area contributed by atoms with Crippen molar-refractivity contribution < 1.29 is 28.6 Å². The van der Waals surface area contributed by atoms with Crippen LogP contribution in [-0.4, -0.2) is 35.9 Å². The highest BCUT2D eigenvalue weighted by molar-refractivity contribution is 6.16. The number of rotatable bonds is 7. The number of ether oxygens (including phenoxy) is 1. The van der Waals surface area contributed by atoms with E-state index in [1.807, 2.05) is 18.2 Å². The molecule has 1 heterocycles. The third kappa shape index (κ3) is 4.74. The average molecular weight is 480 g/mol. The summed E-state index contributed by atoms with van der Waals surface area (Å²) < 4.78 is 25.6. The van der Waals surface area contributed by atoms with Crippen LogP contribution in [0.1, 0.15) is 54.2 Å². The minimum atomic E-state index is -0.599. The number of carbonyl (C=O) groups is 1. The number of furan rings is 1. The van der Waals surface area contributed by atoms with Gasteiger partial charge in [-0.1, -0.05) is 29.9 Å². The third-order valence-electron chi connectivity index (χ3n) is 6.27. The minimum Gasteiger partial charge on any atom is -0.507 e. The molecule has 0 aliphatic heterocycles. The van der Waals surface area contributed by atoms with Crippen LogP contribution >= 0.6 is 0 Å². The number of phenolic OH excluding ortho intramolecular Hbond substituents is 1. The number of allylic oxidation sites excluding steroid dienone is 4. The largest absolute Gasteiger partial charge is 0.507 e. The van der Waals surface area contributed by atoms with Crippen LogP contribution in [0.25, 0.3) is 21.7 Å². The molecule has 7 heteroatoms. The number of aryl methyl sites for hydroxylation is 1. The van der Waals surface area contributed by atoms with Gasteiger partial charge in [-0.05, 0) is 56.9 Å². The summed E-state index contributed by atoms with van der Waals surface area (Å²) in [5.74, 6) is -1.13. The number of aliphatic hydroxyl groups is 1. The molecule has 2 aromatic carbocycles. The number of hydrogen-bond acceptors (Lipinski definition) is 6. The first-order chi connectivity index (χ1) is 16.9. The Morgan fingerprint density at radius 1 is 1.26 bits per heavy atom. The summed E-state index contributed by atoms with van der Waals surface area (Å²) in [6, 6.07) is 2.29. The zero-order valence-electron chi connectivity index (χ0n) is 20.2. The normalized spacial score (nSPS) is 15.0. The second-order valence-corrected chi connectivity index (χ2v) is 8.71. The first kappa shape index (κ1) is 24.7. The van der Waals surface area contributed by atoms with E-state index in [0.717, 1.165) is 18.4 Å². The van der Waals surface area contributed by atoms with Crippen LogP contribution in [0.3, 0.4) is 0 Å².